The topological polar surface area (TPSA) is 66.1 Å². The van der Waals surface area contributed by atoms with Crippen molar-refractivity contribution in [2.75, 3.05) is 13.1 Å². The molecule has 0 saturated carbocycles. The quantitative estimate of drug-likeness (QED) is 0.840. The maximum absolute atomic E-state index is 12.3. The molecule has 1 N–H and O–H groups in total. The summed E-state index contributed by atoms with van der Waals surface area (Å²) in [6, 6.07) is 0. The summed E-state index contributed by atoms with van der Waals surface area (Å²) >= 11 is 3.57. The van der Waals surface area contributed by atoms with E-state index in [1.165, 1.54) is 10.5 Å². The fourth-order valence-electron chi connectivity index (χ4n) is 1.97. The van der Waals surface area contributed by atoms with Gasteiger partial charge in [0.05, 0.1) is 6.20 Å². The van der Waals surface area contributed by atoms with Crippen LogP contribution in [0.4, 0.5) is 0 Å². The molecule has 1 saturated heterocycles. The van der Waals surface area contributed by atoms with Crippen LogP contribution < -0.4 is 0 Å². The Morgan fingerprint density at radius 2 is 2.29 bits per heavy atom. The van der Waals surface area contributed by atoms with Crippen LogP contribution in [-0.2, 0) is 10.0 Å². The van der Waals surface area contributed by atoms with E-state index in [0.717, 1.165) is 6.42 Å². The molecule has 2 unspecified atom stereocenters. The number of nitrogens with one attached hydrogen (secondary N) is 1. The van der Waals surface area contributed by atoms with Gasteiger partial charge in [-0.15, -0.1) is 0 Å². The van der Waals surface area contributed by atoms with Crippen LogP contribution in [0.15, 0.2) is 11.2 Å². The third kappa shape index (κ3) is 2.56. The van der Waals surface area contributed by atoms with Gasteiger partial charge >= 0.3 is 0 Å². The lowest BCUT2D eigenvalue weighted by Crippen LogP contribution is -2.43. The van der Waals surface area contributed by atoms with Crippen LogP contribution in [-0.4, -0.2) is 40.6 Å². The first kappa shape index (κ1) is 13.0. The summed E-state index contributed by atoms with van der Waals surface area (Å²) in [6.45, 7) is 4.91. The Kier molecular flexibility index (Phi) is 3.61. The van der Waals surface area contributed by atoms with Crippen LogP contribution in [0.25, 0.3) is 0 Å². The van der Waals surface area contributed by atoms with Gasteiger partial charge in [0.2, 0.25) is 0 Å². The summed E-state index contributed by atoms with van der Waals surface area (Å²) in [5.41, 5.74) is 0. The number of alkyl halides is 1. The van der Waals surface area contributed by atoms with Gasteiger partial charge in [0.25, 0.3) is 10.0 Å². The summed E-state index contributed by atoms with van der Waals surface area (Å²) in [6.07, 6.45) is 2.23. The van der Waals surface area contributed by atoms with Gasteiger partial charge < -0.3 is 4.98 Å². The van der Waals surface area contributed by atoms with E-state index in [2.05, 4.69) is 32.8 Å². The van der Waals surface area contributed by atoms with Gasteiger partial charge in [0, 0.05) is 17.9 Å². The molecule has 1 aromatic rings. The van der Waals surface area contributed by atoms with E-state index < -0.39 is 10.0 Å². The molecule has 2 heterocycles. The molecule has 0 bridgehead atoms. The predicted molar refractivity (Wildman–Crippen MR) is 68.6 cm³/mol. The Labute approximate surface area is 110 Å². The number of H-pyrrole nitrogens is 1. The zero-order valence-electron chi connectivity index (χ0n) is 9.85. The summed E-state index contributed by atoms with van der Waals surface area (Å²) in [5, 5.41) is 0.190. The molecule has 7 heteroatoms. The lowest BCUT2D eigenvalue weighted by Gasteiger charge is -2.32. The minimum Gasteiger partial charge on any atom is -0.332 e. The minimum absolute atomic E-state index is 0.190. The number of aryl methyl sites for hydroxylation is 1. The Morgan fingerprint density at radius 3 is 2.82 bits per heavy atom. The van der Waals surface area contributed by atoms with E-state index in [1.807, 2.05) is 0 Å². The van der Waals surface area contributed by atoms with Gasteiger partial charge in [-0.2, -0.15) is 4.31 Å². The number of hydrogen-bond acceptors (Lipinski definition) is 3. The Balaban J connectivity index is 2.22. The van der Waals surface area contributed by atoms with Crippen LogP contribution in [0.3, 0.4) is 0 Å². The second-order valence-electron chi connectivity index (χ2n) is 4.48. The van der Waals surface area contributed by atoms with Crippen molar-refractivity contribution in [2.45, 2.75) is 30.1 Å². The zero-order chi connectivity index (χ0) is 12.6. The molecule has 1 aromatic heterocycles. The van der Waals surface area contributed by atoms with E-state index in [4.69, 9.17) is 0 Å². The van der Waals surface area contributed by atoms with Crippen LogP contribution in [0.1, 0.15) is 19.2 Å². The van der Waals surface area contributed by atoms with Crippen molar-refractivity contribution in [3.8, 4) is 0 Å². The number of sulfonamides is 1. The monoisotopic (exact) mass is 321 g/mol. The molecule has 0 aliphatic carbocycles. The number of hydrogen-bond donors (Lipinski definition) is 1. The number of rotatable bonds is 2. The first-order valence-corrected chi connectivity index (χ1v) is 7.92. The van der Waals surface area contributed by atoms with E-state index >= 15 is 0 Å². The summed E-state index contributed by atoms with van der Waals surface area (Å²) in [5.74, 6) is 0.939. The first-order chi connectivity index (χ1) is 7.91. The van der Waals surface area contributed by atoms with Crippen molar-refractivity contribution >= 4 is 26.0 Å². The molecule has 0 aromatic carbocycles. The van der Waals surface area contributed by atoms with Gasteiger partial charge in [-0.1, -0.05) is 22.9 Å². The SMILES string of the molecule is Cc1ncc(S(=O)(=O)N2CCC(Br)C(C)C2)[nH]1. The molecular formula is C10H16BrN3O2S. The highest BCUT2D eigenvalue weighted by Crippen LogP contribution is 2.27. The van der Waals surface area contributed by atoms with Crippen molar-refractivity contribution in [1.82, 2.24) is 14.3 Å². The van der Waals surface area contributed by atoms with E-state index in [1.54, 1.807) is 6.92 Å². The number of aromatic nitrogens is 2. The molecule has 2 atom stereocenters. The average Bonchev–Trinajstić information content (AvgIpc) is 2.69. The van der Waals surface area contributed by atoms with E-state index in [0.29, 0.717) is 29.7 Å². The molecule has 1 aliphatic rings. The first-order valence-electron chi connectivity index (χ1n) is 5.57. The van der Waals surface area contributed by atoms with Crippen LogP contribution in [0, 0.1) is 12.8 Å². The van der Waals surface area contributed by atoms with Crippen LogP contribution >= 0.6 is 15.9 Å². The molecule has 2 rings (SSSR count). The lowest BCUT2D eigenvalue weighted by atomic mass is 10.0. The average molecular weight is 322 g/mol. The molecule has 5 nitrogen and oxygen atoms in total. The maximum Gasteiger partial charge on any atom is 0.260 e. The Morgan fingerprint density at radius 1 is 1.59 bits per heavy atom. The van der Waals surface area contributed by atoms with Gasteiger partial charge in [-0.05, 0) is 19.3 Å². The van der Waals surface area contributed by atoms with Crippen molar-refractivity contribution in [3.05, 3.63) is 12.0 Å². The number of nitrogens with zero attached hydrogens (tertiary/aromatic N) is 2. The molecular weight excluding hydrogens is 306 g/mol. The Hall–Kier alpha value is -0.400. The second-order valence-corrected chi connectivity index (χ2v) is 7.56. The highest BCUT2D eigenvalue weighted by atomic mass is 79.9. The predicted octanol–water partition coefficient (Wildman–Crippen LogP) is 1.51. The van der Waals surface area contributed by atoms with Crippen LogP contribution in [0.5, 0.6) is 0 Å². The lowest BCUT2D eigenvalue weighted by molar-refractivity contribution is 0.291. The molecule has 1 fully saturated rings. The number of piperidine rings is 1. The van der Waals surface area contributed by atoms with Crippen molar-refractivity contribution in [3.63, 3.8) is 0 Å². The van der Waals surface area contributed by atoms with Crippen molar-refractivity contribution in [2.24, 2.45) is 5.92 Å². The number of halogens is 1. The molecule has 1 aliphatic heterocycles. The van der Waals surface area contributed by atoms with Gasteiger partial charge in [-0.25, -0.2) is 13.4 Å². The smallest absolute Gasteiger partial charge is 0.260 e. The molecule has 0 spiro atoms. The van der Waals surface area contributed by atoms with Crippen molar-refractivity contribution in [1.29, 1.82) is 0 Å². The zero-order valence-corrected chi connectivity index (χ0v) is 12.3. The largest absolute Gasteiger partial charge is 0.332 e. The summed E-state index contributed by atoms with van der Waals surface area (Å²) < 4.78 is 26.1. The molecule has 96 valence electrons. The normalized spacial score (nSPS) is 27.2. The van der Waals surface area contributed by atoms with E-state index in [-0.39, 0.29) is 5.03 Å². The van der Waals surface area contributed by atoms with Crippen molar-refractivity contribution < 1.29 is 8.42 Å². The fraction of sp³-hybridized carbons (Fsp3) is 0.700. The molecule has 0 amide bonds. The van der Waals surface area contributed by atoms with Crippen LogP contribution in [0.2, 0.25) is 0 Å². The molecule has 17 heavy (non-hydrogen) atoms. The third-order valence-corrected chi connectivity index (χ3v) is 6.20. The third-order valence-electron chi connectivity index (χ3n) is 3.06. The van der Waals surface area contributed by atoms with E-state index in [9.17, 15) is 8.42 Å². The Bertz CT molecular complexity index is 499. The molecule has 0 radical (unpaired) electrons. The minimum atomic E-state index is -3.40. The highest BCUT2D eigenvalue weighted by molar-refractivity contribution is 9.09. The fourth-order valence-corrected chi connectivity index (χ4v) is 3.86. The number of imidazole rings is 1. The maximum atomic E-state index is 12.3. The highest BCUT2D eigenvalue weighted by Gasteiger charge is 2.33. The summed E-state index contributed by atoms with van der Waals surface area (Å²) in [4.78, 5) is 7.13. The van der Waals surface area contributed by atoms with Gasteiger partial charge in [0.1, 0.15) is 5.82 Å². The second kappa shape index (κ2) is 4.70. The van der Waals surface area contributed by atoms with Gasteiger partial charge in [-0.3, -0.25) is 0 Å². The van der Waals surface area contributed by atoms with Gasteiger partial charge in [0.15, 0.2) is 5.03 Å². The number of aromatic amines is 1. The standard InChI is InChI=1S/C10H16BrN3O2S/c1-7-6-14(4-3-9(7)11)17(15,16)10-5-12-8(2)13-10/h5,7,9H,3-4,6H2,1-2H3,(H,12,13). The summed E-state index contributed by atoms with van der Waals surface area (Å²) in [7, 11) is -3.40.